The second-order valence-corrected chi connectivity index (χ2v) is 5.22. The van der Waals surface area contributed by atoms with Crippen molar-refractivity contribution in [2.75, 3.05) is 13.1 Å². The van der Waals surface area contributed by atoms with Crippen molar-refractivity contribution in [3.63, 3.8) is 0 Å². The number of halogens is 3. The van der Waals surface area contributed by atoms with Crippen LogP contribution in [0.4, 0.5) is 18.9 Å². The highest BCUT2D eigenvalue weighted by molar-refractivity contribution is 5.92. The summed E-state index contributed by atoms with van der Waals surface area (Å²) < 4.78 is 38.0. The molecule has 9 heteroatoms. The largest absolute Gasteiger partial charge is 0.419 e. The van der Waals surface area contributed by atoms with Crippen LogP contribution in [0.15, 0.2) is 30.3 Å². The van der Waals surface area contributed by atoms with E-state index < -0.39 is 35.6 Å². The molecule has 1 amide bonds. The number of alkyl halides is 3. The second kappa shape index (κ2) is 5.99. The Labute approximate surface area is 129 Å². The van der Waals surface area contributed by atoms with Gasteiger partial charge in [0.1, 0.15) is 0 Å². The van der Waals surface area contributed by atoms with E-state index in [0.717, 1.165) is 11.0 Å². The zero-order chi connectivity index (χ0) is 17.3. The third-order valence-electron chi connectivity index (χ3n) is 3.61. The summed E-state index contributed by atoms with van der Waals surface area (Å²) in [5, 5.41) is 20.0. The fourth-order valence-electron chi connectivity index (χ4n) is 2.19. The van der Waals surface area contributed by atoms with Crippen molar-refractivity contribution in [1.82, 2.24) is 4.90 Å². The molecule has 1 atom stereocenters. The van der Waals surface area contributed by atoms with E-state index in [1.807, 2.05) is 0 Å². The van der Waals surface area contributed by atoms with Gasteiger partial charge in [0, 0.05) is 31.2 Å². The number of nitro benzene ring substituents is 1. The quantitative estimate of drug-likeness (QED) is 0.523. The predicted molar refractivity (Wildman–Crippen MR) is 74.3 cm³/mol. The summed E-state index contributed by atoms with van der Waals surface area (Å²) >= 11 is 0. The molecular weight excluding hydrogens is 317 g/mol. The van der Waals surface area contributed by atoms with E-state index in [1.54, 1.807) is 0 Å². The molecule has 1 aromatic carbocycles. The van der Waals surface area contributed by atoms with Crippen LogP contribution >= 0.6 is 0 Å². The van der Waals surface area contributed by atoms with Crippen molar-refractivity contribution < 1.29 is 28.0 Å². The molecule has 1 aromatic rings. The molecule has 0 bridgehead atoms. The number of carbonyl (C=O) groups excluding carboxylic acids is 1. The second-order valence-electron chi connectivity index (χ2n) is 5.22. The molecular formula is C14H13F3N2O4. The minimum Gasteiger partial charge on any atom is -0.379 e. The maximum absolute atomic E-state index is 12.7. The van der Waals surface area contributed by atoms with Gasteiger partial charge in [0.15, 0.2) is 5.60 Å². The van der Waals surface area contributed by atoms with Crippen LogP contribution in [-0.2, 0) is 4.79 Å². The number of rotatable bonds is 3. The Morgan fingerprint density at radius 2 is 1.96 bits per heavy atom. The standard InChI is InChI=1S/C14H13F3N2O4/c15-14(16,17)13(21)7-8-18(9-13)12(20)6-3-10-1-4-11(5-2-10)19(22)23/h1-6,21H,7-9H2. The molecule has 6 nitrogen and oxygen atoms in total. The third kappa shape index (κ3) is 3.67. The molecule has 1 heterocycles. The van der Waals surface area contributed by atoms with E-state index in [2.05, 4.69) is 0 Å². The molecule has 1 aliphatic heterocycles. The molecule has 0 saturated carbocycles. The van der Waals surface area contributed by atoms with E-state index in [-0.39, 0.29) is 12.2 Å². The Kier molecular flexibility index (Phi) is 4.42. The summed E-state index contributed by atoms with van der Waals surface area (Å²) in [7, 11) is 0. The van der Waals surface area contributed by atoms with E-state index in [4.69, 9.17) is 0 Å². The Balaban J connectivity index is 2.01. The summed E-state index contributed by atoms with van der Waals surface area (Å²) in [6.45, 7) is -1.00. The smallest absolute Gasteiger partial charge is 0.379 e. The summed E-state index contributed by atoms with van der Waals surface area (Å²) in [4.78, 5) is 22.7. The first kappa shape index (κ1) is 16.9. The van der Waals surface area contributed by atoms with E-state index in [1.165, 1.54) is 30.3 Å². The van der Waals surface area contributed by atoms with Gasteiger partial charge in [-0.2, -0.15) is 13.2 Å². The van der Waals surface area contributed by atoms with Crippen molar-refractivity contribution in [3.8, 4) is 0 Å². The number of aliphatic hydroxyl groups is 1. The number of non-ortho nitro benzene ring substituents is 1. The Hall–Kier alpha value is -2.42. The fraction of sp³-hybridized carbons (Fsp3) is 0.357. The monoisotopic (exact) mass is 330 g/mol. The highest BCUT2D eigenvalue weighted by Gasteiger charge is 2.57. The number of hydrogen-bond acceptors (Lipinski definition) is 4. The highest BCUT2D eigenvalue weighted by Crippen LogP contribution is 2.37. The lowest BCUT2D eigenvalue weighted by Gasteiger charge is -2.25. The average Bonchev–Trinajstić information content (AvgIpc) is 2.89. The van der Waals surface area contributed by atoms with Crippen molar-refractivity contribution in [3.05, 3.63) is 46.0 Å². The summed E-state index contributed by atoms with van der Waals surface area (Å²) in [6, 6.07) is 5.33. The number of carbonyl (C=O) groups is 1. The van der Waals surface area contributed by atoms with Gasteiger partial charge in [-0.3, -0.25) is 14.9 Å². The van der Waals surface area contributed by atoms with Crippen LogP contribution < -0.4 is 0 Å². The van der Waals surface area contributed by atoms with Crippen LogP contribution in [-0.4, -0.2) is 45.7 Å². The normalized spacial score (nSPS) is 21.8. The van der Waals surface area contributed by atoms with Gasteiger partial charge < -0.3 is 10.0 Å². The van der Waals surface area contributed by atoms with E-state index in [9.17, 15) is 33.2 Å². The SMILES string of the molecule is O=C(C=Cc1ccc([N+](=O)[O-])cc1)N1CCC(O)(C(F)(F)F)C1. The Morgan fingerprint density at radius 1 is 1.35 bits per heavy atom. The first-order chi connectivity index (χ1) is 10.6. The summed E-state index contributed by atoms with van der Waals surface area (Å²) in [6.07, 6.45) is -2.93. The zero-order valence-corrected chi connectivity index (χ0v) is 11.8. The molecule has 0 spiro atoms. The zero-order valence-electron chi connectivity index (χ0n) is 11.8. The van der Waals surface area contributed by atoms with Crippen LogP contribution in [0.1, 0.15) is 12.0 Å². The van der Waals surface area contributed by atoms with Crippen molar-refractivity contribution in [2.45, 2.75) is 18.2 Å². The number of amides is 1. The number of β-amino-alcohol motifs (C(OH)–C–C–N with tert-alkyl or cyclic N) is 1. The van der Waals surface area contributed by atoms with Gasteiger partial charge >= 0.3 is 6.18 Å². The molecule has 1 saturated heterocycles. The van der Waals surface area contributed by atoms with Gasteiger partial charge in [0.25, 0.3) is 5.69 Å². The van der Waals surface area contributed by atoms with E-state index in [0.29, 0.717) is 5.56 Å². The first-order valence-electron chi connectivity index (χ1n) is 6.63. The van der Waals surface area contributed by atoms with Crippen LogP contribution in [0.2, 0.25) is 0 Å². The van der Waals surface area contributed by atoms with Gasteiger partial charge in [-0.15, -0.1) is 0 Å². The van der Waals surface area contributed by atoms with Crippen molar-refractivity contribution in [2.24, 2.45) is 0 Å². The minimum atomic E-state index is -4.79. The lowest BCUT2D eigenvalue weighted by atomic mass is 10.0. The Morgan fingerprint density at radius 3 is 2.43 bits per heavy atom. The molecule has 23 heavy (non-hydrogen) atoms. The van der Waals surface area contributed by atoms with Crippen LogP contribution in [0.3, 0.4) is 0 Å². The van der Waals surface area contributed by atoms with Gasteiger partial charge in [-0.25, -0.2) is 0 Å². The van der Waals surface area contributed by atoms with Crippen molar-refractivity contribution in [1.29, 1.82) is 0 Å². The molecule has 2 rings (SSSR count). The third-order valence-corrected chi connectivity index (χ3v) is 3.61. The minimum absolute atomic E-state index is 0.108. The summed E-state index contributed by atoms with van der Waals surface area (Å²) in [5.41, 5.74) is -2.48. The lowest BCUT2D eigenvalue weighted by Crippen LogP contribution is -2.47. The van der Waals surface area contributed by atoms with Gasteiger partial charge in [-0.1, -0.05) is 0 Å². The molecule has 1 N–H and O–H groups in total. The van der Waals surface area contributed by atoms with Crippen LogP contribution in [0, 0.1) is 10.1 Å². The number of nitrogens with zero attached hydrogens (tertiary/aromatic N) is 2. The number of nitro groups is 1. The van der Waals surface area contributed by atoms with Gasteiger partial charge in [0.05, 0.1) is 11.5 Å². The molecule has 0 aromatic heterocycles. The van der Waals surface area contributed by atoms with Crippen LogP contribution in [0.5, 0.6) is 0 Å². The molecule has 0 radical (unpaired) electrons. The number of likely N-dealkylation sites (tertiary alicyclic amines) is 1. The molecule has 0 aliphatic carbocycles. The van der Waals surface area contributed by atoms with E-state index >= 15 is 0 Å². The van der Waals surface area contributed by atoms with Gasteiger partial charge in [0.2, 0.25) is 5.91 Å². The Bertz CT molecular complexity index is 642. The molecule has 124 valence electrons. The maximum atomic E-state index is 12.7. The van der Waals surface area contributed by atoms with Crippen LogP contribution in [0.25, 0.3) is 6.08 Å². The summed E-state index contributed by atoms with van der Waals surface area (Å²) in [5.74, 6) is -0.663. The fourth-order valence-corrected chi connectivity index (χ4v) is 2.19. The molecule has 1 aliphatic rings. The first-order valence-corrected chi connectivity index (χ1v) is 6.63. The average molecular weight is 330 g/mol. The van der Waals surface area contributed by atoms with Gasteiger partial charge in [-0.05, 0) is 23.8 Å². The highest BCUT2D eigenvalue weighted by atomic mass is 19.4. The number of benzene rings is 1. The number of hydrogen-bond donors (Lipinski definition) is 1. The topological polar surface area (TPSA) is 83.7 Å². The molecule has 1 fully saturated rings. The maximum Gasteiger partial charge on any atom is 0.419 e. The predicted octanol–water partition coefficient (Wildman–Crippen LogP) is 2.13. The lowest BCUT2D eigenvalue weighted by molar-refractivity contribution is -0.384. The molecule has 1 unspecified atom stereocenters. The van der Waals surface area contributed by atoms with Crippen molar-refractivity contribution >= 4 is 17.7 Å².